The molecule has 1 N–H and O–H groups in total. The van der Waals surface area contributed by atoms with Crippen LogP contribution in [-0.4, -0.2) is 11.5 Å². The lowest BCUT2D eigenvalue weighted by Crippen LogP contribution is -2.16. The SMILES string of the molecule is CCCCCNCc1ncccc1F. The predicted molar refractivity (Wildman–Crippen MR) is 55.4 cm³/mol. The van der Waals surface area contributed by atoms with Crippen LogP contribution >= 0.6 is 0 Å². The molecule has 0 amide bonds. The first-order chi connectivity index (χ1) is 6.84. The number of unbranched alkanes of at least 4 members (excludes halogenated alkanes) is 2. The Kier molecular flexibility index (Phi) is 5.15. The average molecular weight is 196 g/mol. The van der Waals surface area contributed by atoms with Crippen LogP contribution in [0.5, 0.6) is 0 Å². The van der Waals surface area contributed by atoms with E-state index < -0.39 is 0 Å². The van der Waals surface area contributed by atoms with Crippen molar-refractivity contribution in [2.45, 2.75) is 32.7 Å². The first kappa shape index (κ1) is 11.1. The molecule has 0 aliphatic rings. The topological polar surface area (TPSA) is 24.9 Å². The molecule has 0 aromatic carbocycles. The second-order valence-corrected chi connectivity index (χ2v) is 3.32. The summed E-state index contributed by atoms with van der Waals surface area (Å²) in [4.78, 5) is 3.96. The fourth-order valence-electron chi connectivity index (χ4n) is 1.26. The maximum absolute atomic E-state index is 13.1. The van der Waals surface area contributed by atoms with Gasteiger partial charge >= 0.3 is 0 Å². The molecule has 3 heteroatoms. The first-order valence-corrected chi connectivity index (χ1v) is 5.14. The maximum atomic E-state index is 13.1. The third kappa shape index (κ3) is 3.83. The van der Waals surface area contributed by atoms with E-state index in [9.17, 15) is 4.39 Å². The van der Waals surface area contributed by atoms with Crippen LogP contribution in [0.1, 0.15) is 31.9 Å². The molecular formula is C11H17FN2. The van der Waals surface area contributed by atoms with Crippen LogP contribution in [0, 0.1) is 5.82 Å². The predicted octanol–water partition coefficient (Wildman–Crippen LogP) is 2.50. The molecule has 1 rings (SSSR count). The fraction of sp³-hybridized carbons (Fsp3) is 0.545. The highest BCUT2D eigenvalue weighted by Crippen LogP contribution is 2.01. The van der Waals surface area contributed by atoms with E-state index in [-0.39, 0.29) is 5.82 Å². The van der Waals surface area contributed by atoms with Crippen molar-refractivity contribution in [2.75, 3.05) is 6.54 Å². The van der Waals surface area contributed by atoms with Gasteiger partial charge in [0.15, 0.2) is 0 Å². The van der Waals surface area contributed by atoms with E-state index in [1.54, 1.807) is 12.3 Å². The van der Waals surface area contributed by atoms with Gasteiger partial charge in [0, 0.05) is 12.7 Å². The summed E-state index contributed by atoms with van der Waals surface area (Å²) in [5, 5.41) is 3.17. The van der Waals surface area contributed by atoms with Crippen LogP contribution < -0.4 is 5.32 Å². The van der Waals surface area contributed by atoms with E-state index in [1.807, 2.05) is 0 Å². The molecule has 14 heavy (non-hydrogen) atoms. The highest BCUT2D eigenvalue weighted by atomic mass is 19.1. The van der Waals surface area contributed by atoms with Gasteiger partial charge in [0.1, 0.15) is 5.82 Å². The summed E-state index contributed by atoms with van der Waals surface area (Å²) in [5.74, 6) is -0.226. The van der Waals surface area contributed by atoms with Crippen molar-refractivity contribution in [2.24, 2.45) is 0 Å². The van der Waals surface area contributed by atoms with Crippen molar-refractivity contribution >= 4 is 0 Å². The molecule has 2 nitrogen and oxygen atoms in total. The minimum atomic E-state index is -0.226. The molecule has 0 spiro atoms. The minimum absolute atomic E-state index is 0.226. The molecule has 0 bridgehead atoms. The zero-order valence-corrected chi connectivity index (χ0v) is 8.59. The van der Waals surface area contributed by atoms with Gasteiger partial charge in [-0.3, -0.25) is 4.98 Å². The molecule has 0 saturated heterocycles. The Labute approximate surface area is 84.6 Å². The molecule has 1 heterocycles. The number of rotatable bonds is 6. The number of nitrogens with one attached hydrogen (secondary N) is 1. The zero-order chi connectivity index (χ0) is 10.2. The van der Waals surface area contributed by atoms with Crippen LogP contribution in [0.25, 0.3) is 0 Å². The molecule has 1 aromatic heterocycles. The number of halogens is 1. The van der Waals surface area contributed by atoms with Gasteiger partial charge in [-0.1, -0.05) is 19.8 Å². The van der Waals surface area contributed by atoms with Gasteiger partial charge in [-0.25, -0.2) is 4.39 Å². The van der Waals surface area contributed by atoms with Gasteiger partial charge in [0.05, 0.1) is 5.69 Å². The van der Waals surface area contributed by atoms with Gasteiger partial charge in [0.25, 0.3) is 0 Å². The third-order valence-electron chi connectivity index (χ3n) is 2.08. The lowest BCUT2D eigenvalue weighted by Gasteiger charge is -2.04. The molecule has 0 aliphatic carbocycles. The van der Waals surface area contributed by atoms with Gasteiger partial charge < -0.3 is 5.32 Å². The summed E-state index contributed by atoms with van der Waals surface area (Å²) in [6, 6.07) is 3.05. The van der Waals surface area contributed by atoms with E-state index in [2.05, 4.69) is 17.2 Å². The van der Waals surface area contributed by atoms with Crippen molar-refractivity contribution in [3.8, 4) is 0 Å². The molecule has 0 aliphatic heterocycles. The maximum Gasteiger partial charge on any atom is 0.146 e. The van der Waals surface area contributed by atoms with Crippen molar-refractivity contribution in [1.82, 2.24) is 10.3 Å². The Bertz CT molecular complexity index is 263. The second kappa shape index (κ2) is 6.49. The molecule has 0 radical (unpaired) electrons. The van der Waals surface area contributed by atoms with Gasteiger partial charge in [-0.05, 0) is 25.1 Å². The third-order valence-corrected chi connectivity index (χ3v) is 2.08. The van der Waals surface area contributed by atoms with Crippen LogP contribution in [0.3, 0.4) is 0 Å². The van der Waals surface area contributed by atoms with Crippen LogP contribution in [0.4, 0.5) is 4.39 Å². The average Bonchev–Trinajstić information content (AvgIpc) is 2.20. The fourth-order valence-corrected chi connectivity index (χ4v) is 1.26. The minimum Gasteiger partial charge on any atom is -0.311 e. The standard InChI is InChI=1S/C11H17FN2/c1-2-3-4-7-13-9-11-10(12)6-5-8-14-11/h5-6,8,13H,2-4,7,9H2,1H3. The number of hydrogen-bond donors (Lipinski definition) is 1. The Hall–Kier alpha value is -0.960. The Morgan fingerprint density at radius 1 is 1.43 bits per heavy atom. The quantitative estimate of drug-likeness (QED) is 0.707. The second-order valence-electron chi connectivity index (χ2n) is 3.32. The van der Waals surface area contributed by atoms with Crippen molar-refractivity contribution in [3.05, 3.63) is 29.8 Å². The van der Waals surface area contributed by atoms with E-state index in [1.165, 1.54) is 18.9 Å². The summed E-state index contributed by atoms with van der Waals surface area (Å²) in [7, 11) is 0. The van der Waals surface area contributed by atoms with Gasteiger partial charge in [-0.15, -0.1) is 0 Å². The molecule has 78 valence electrons. The lowest BCUT2D eigenvalue weighted by molar-refractivity contribution is 0.561. The summed E-state index contributed by atoms with van der Waals surface area (Å²) >= 11 is 0. The number of hydrogen-bond acceptors (Lipinski definition) is 2. The molecule has 0 atom stereocenters. The summed E-state index contributed by atoms with van der Waals surface area (Å²) < 4.78 is 13.1. The van der Waals surface area contributed by atoms with Crippen LogP contribution in [0.15, 0.2) is 18.3 Å². The Morgan fingerprint density at radius 3 is 3.00 bits per heavy atom. The summed E-state index contributed by atoms with van der Waals surface area (Å²) in [6.07, 6.45) is 5.19. The molecule has 0 unspecified atom stereocenters. The van der Waals surface area contributed by atoms with E-state index >= 15 is 0 Å². The van der Waals surface area contributed by atoms with Gasteiger partial charge in [0.2, 0.25) is 0 Å². The lowest BCUT2D eigenvalue weighted by atomic mass is 10.2. The number of nitrogens with zero attached hydrogens (tertiary/aromatic N) is 1. The highest BCUT2D eigenvalue weighted by Gasteiger charge is 2.00. The molecule has 1 aromatic rings. The zero-order valence-electron chi connectivity index (χ0n) is 8.59. The number of pyridine rings is 1. The monoisotopic (exact) mass is 196 g/mol. The number of aromatic nitrogens is 1. The largest absolute Gasteiger partial charge is 0.311 e. The molecular weight excluding hydrogens is 179 g/mol. The smallest absolute Gasteiger partial charge is 0.146 e. The normalized spacial score (nSPS) is 10.4. The molecule has 0 saturated carbocycles. The van der Waals surface area contributed by atoms with Crippen molar-refractivity contribution in [3.63, 3.8) is 0 Å². The first-order valence-electron chi connectivity index (χ1n) is 5.14. The molecule has 0 fully saturated rings. The van der Waals surface area contributed by atoms with E-state index in [4.69, 9.17) is 0 Å². The van der Waals surface area contributed by atoms with Crippen molar-refractivity contribution < 1.29 is 4.39 Å². The van der Waals surface area contributed by atoms with Crippen molar-refractivity contribution in [1.29, 1.82) is 0 Å². The van der Waals surface area contributed by atoms with Gasteiger partial charge in [-0.2, -0.15) is 0 Å². The van der Waals surface area contributed by atoms with Crippen LogP contribution in [0.2, 0.25) is 0 Å². The summed E-state index contributed by atoms with van der Waals surface area (Å²) in [5.41, 5.74) is 0.504. The summed E-state index contributed by atoms with van der Waals surface area (Å²) in [6.45, 7) is 3.62. The van der Waals surface area contributed by atoms with Crippen LogP contribution in [-0.2, 0) is 6.54 Å². The van der Waals surface area contributed by atoms with E-state index in [0.29, 0.717) is 12.2 Å². The van der Waals surface area contributed by atoms with E-state index in [0.717, 1.165) is 13.0 Å². The Balaban J connectivity index is 2.21. The Morgan fingerprint density at radius 2 is 2.29 bits per heavy atom. The highest BCUT2D eigenvalue weighted by molar-refractivity contribution is 5.06.